The van der Waals surface area contributed by atoms with Crippen molar-refractivity contribution in [3.8, 4) is 148 Å². The average Bonchev–Trinajstić information content (AvgIpc) is 1.62. The zero-order chi connectivity index (χ0) is 98.8. The quantitative estimate of drug-likeness (QED) is 0.0804. The van der Waals surface area contributed by atoms with E-state index in [2.05, 4.69) is 413 Å². The summed E-state index contributed by atoms with van der Waals surface area (Å²) in [6.45, 7) is 31.3. The number of benzene rings is 6. The molecule has 23 heteroatoms. The zero-order valence-corrected chi connectivity index (χ0v) is 88.6. The first-order chi connectivity index (χ1) is 68.5. The van der Waals surface area contributed by atoms with Gasteiger partial charge in [-0.05, 0) is 380 Å². The lowest BCUT2D eigenvalue weighted by Crippen LogP contribution is -2.41. The number of aromatic nitrogens is 6. The highest BCUT2D eigenvalue weighted by Crippen LogP contribution is 2.47. The minimum atomic E-state index is -0.325. The molecule has 3 saturated heterocycles. The fourth-order valence-electron chi connectivity index (χ4n) is 16.1. The van der Waals surface area contributed by atoms with Crippen LogP contribution in [0.4, 0.5) is 0 Å². The summed E-state index contributed by atoms with van der Waals surface area (Å²) in [4.78, 5) is 42.9. The summed E-state index contributed by atoms with van der Waals surface area (Å²) in [5.74, 6) is 0. The molecule has 0 N–H and O–H groups in total. The van der Waals surface area contributed by atoms with Gasteiger partial charge in [0.2, 0.25) is 0 Å². The minimum absolute atomic E-state index is 0.314. The van der Waals surface area contributed by atoms with Crippen molar-refractivity contribution in [2.75, 3.05) is 0 Å². The molecule has 12 nitrogen and oxygen atoms in total. The first kappa shape index (κ1) is 99.9. The van der Waals surface area contributed by atoms with Gasteiger partial charge in [-0.3, -0.25) is 29.9 Å². The van der Waals surface area contributed by atoms with Crippen molar-refractivity contribution in [3.05, 3.63) is 405 Å². The molecule has 14 aromatic heterocycles. The van der Waals surface area contributed by atoms with E-state index in [9.17, 15) is 0 Å². The third kappa shape index (κ3) is 24.0. The Labute approximate surface area is 867 Å². The molecule has 20 aromatic rings. The summed E-state index contributed by atoms with van der Waals surface area (Å²) < 4.78 is 39.1. The zero-order valence-electron chi connectivity index (χ0n) is 82.1. The monoisotopic (exact) mass is 2010 g/mol. The smallest absolute Gasteiger partial charge is 0.399 e. The van der Waals surface area contributed by atoms with Gasteiger partial charge in [-0.15, -0.1) is 90.7 Å². The number of nitrogens with zero attached hydrogens (tertiary/aromatic N) is 6. The van der Waals surface area contributed by atoms with E-state index in [0.717, 1.165) is 26.1 Å². The van der Waals surface area contributed by atoms with Crippen molar-refractivity contribution in [2.45, 2.75) is 137 Å². The Morgan fingerprint density at radius 1 is 0.176 bits per heavy atom. The van der Waals surface area contributed by atoms with Crippen LogP contribution in [0, 0.1) is 20.8 Å². The Morgan fingerprint density at radius 3 is 0.641 bits per heavy atom. The molecule has 23 rings (SSSR count). The van der Waals surface area contributed by atoms with Crippen molar-refractivity contribution >= 4 is 127 Å². The van der Waals surface area contributed by atoms with E-state index < -0.39 is 0 Å². The van der Waals surface area contributed by atoms with Gasteiger partial charge in [0.25, 0.3) is 0 Å². The number of rotatable bonds is 17. The van der Waals surface area contributed by atoms with Crippen molar-refractivity contribution < 1.29 is 27.9 Å². The van der Waals surface area contributed by atoms with Gasteiger partial charge >= 0.3 is 21.4 Å². The van der Waals surface area contributed by atoms with Crippen LogP contribution < -0.4 is 15.0 Å². The maximum atomic E-state index is 6.18. The van der Waals surface area contributed by atoms with Crippen LogP contribution in [-0.4, -0.2) is 84.9 Å². The molecular formula is C119H109B3N6O6S8. The van der Waals surface area contributed by atoms with Gasteiger partial charge in [0.1, 0.15) is 0 Å². The maximum absolute atomic E-state index is 6.18. The van der Waals surface area contributed by atoms with Crippen LogP contribution in [0.1, 0.15) is 98.4 Å². The maximum Gasteiger partial charge on any atom is 0.505 e. The third-order valence-corrected chi connectivity index (χ3v) is 35.7. The first-order valence-electron chi connectivity index (χ1n) is 47.3. The van der Waals surface area contributed by atoms with Crippen LogP contribution in [0.3, 0.4) is 0 Å². The molecule has 0 aliphatic carbocycles. The lowest BCUT2D eigenvalue weighted by atomic mass is 9.78. The second kappa shape index (κ2) is 43.9. The second-order valence-electron chi connectivity index (χ2n) is 37.9. The van der Waals surface area contributed by atoms with Crippen LogP contribution in [0.15, 0.2) is 390 Å². The fourth-order valence-corrected chi connectivity index (χ4v) is 24.2. The molecule has 142 heavy (non-hydrogen) atoms. The highest BCUT2D eigenvalue weighted by molar-refractivity contribution is 7.31. The summed E-state index contributed by atoms with van der Waals surface area (Å²) in [6.07, 6.45) is 22.0. The van der Waals surface area contributed by atoms with Crippen molar-refractivity contribution in [1.29, 1.82) is 0 Å². The Balaban J connectivity index is 0.000000117. The summed E-state index contributed by atoms with van der Waals surface area (Å²) >= 11 is 14.5. The van der Waals surface area contributed by atoms with E-state index in [0.29, 0.717) is 0 Å². The standard InChI is InChI=1S/2C30H20N2S2.C20H28B2O4S2.C17H20BNO2.C12H11N.C10H10S2/c2*1-3-23(21-11-15-31-16-12-21)19-25(5-1)27-7-9-29(33-27)30-10-8-28(34-30)26-6-2-4-24(20-26)22-13-17-32-18-14-22;1-17(2)18(3,4)24-21(23-17)15-11-9-13(27-15)14-10-12-16(28-14)22-25-19(5,6)20(7,8)26-22;1-16(2)17(3,4)21-18(20-16)15-7-5-6-14(12-15)13-8-10-19-11-9-13;1-10-3-2-4-12(9-10)11-5-7-13-8-6-11;1-7-3-5-9(11-7)10-6-4-8(2)12-10/h2*1-20H;9-12H,1-8H3;5-12H,1-4H3;2-9H,1H3;3-6H,1-2H3. The van der Waals surface area contributed by atoms with Crippen molar-refractivity contribution in [1.82, 2.24) is 29.9 Å². The predicted octanol–water partition coefficient (Wildman–Crippen LogP) is 32.1. The van der Waals surface area contributed by atoms with E-state index in [4.69, 9.17) is 27.9 Å². The molecule has 0 atom stereocenters. The molecule has 0 bridgehead atoms. The summed E-state index contributed by atoms with van der Waals surface area (Å²) in [5.41, 5.74) is 19.7. The van der Waals surface area contributed by atoms with E-state index in [1.165, 1.54) is 152 Å². The SMILES string of the molecule is CC1(C)OB(c2ccc(-c3ccc(B4OC(C)(C)C(C)(C)O4)s3)s2)OC1(C)C.CC1(C)OB(c2cccc(-c3ccncc3)c2)OC1(C)C.Cc1ccc(-c2ccc(C)s2)s1.Cc1cccc(-c2ccncc2)c1.c1cc(-c2ccncc2)cc(-c2ccc(-c3ccc(-c4cccc(-c5ccncc5)c4)s3)s2)c1.c1cc(-c2ccncc2)cc(-c2ccc(-c3ccc(-c4cccc(-c5ccncc5)c4)s3)s2)c1. The van der Waals surface area contributed by atoms with Crippen LogP contribution in [0.25, 0.3) is 148 Å². The topological polar surface area (TPSA) is 133 Å². The molecule has 6 aromatic carbocycles. The van der Waals surface area contributed by atoms with Gasteiger partial charge < -0.3 is 27.9 Å². The summed E-state index contributed by atoms with van der Waals surface area (Å²) in [5, 5.41) is 0. The molecule has 0 radical (unpaired) electrons. The van der Waals surface area contributed by atoms with Crippen molar-refractivity contribution in [2.24, 2.45) is 0 Å². The van der Waals surface area contributed by atoms with E-state index in [1.54, 1.807) is 35.1 Å². The van der Waals surface area contributed by atoms with Crippen LogP contribution in [-0.2, 0) is 27.9 Å². The molecule has 0 unspecified atom stereocenters. The number of pyridine rings is 6. The van der Waals surface area contributed by atoms with Crippen LogP contribution in [0.2, 0.25) is 0 Å². The molecule has 0 amide bonds. The molecule has 17 heterocycles. The Hall–Kier alpha value is -12.2. The molecule has 3 aliphatic rings. The van der Waals surface area contributed by atoms with Gasteiger partial charge in [-0.1, -0.05) is 139 Å². The van der Waals surface area contributed by atoms with Gasteiger partial charge in [0, 0.05) is 152 Å². The normalized spacial score (nSPS) is 14.9. The van der Waals surface area contributed by atoms with Gasteiger partial charge in [-0.25, -0.2) is 0 Å². The number of hydrogen-bond acceptors (Lipinski definition) is 20. The molecule has 3 fully saturated rings. The highest BCUT2D eigenvalue weighted by Gasteiger charge is 2.54. The second-order valence-corrected chi connectivity index (χ2v) is 47.0. The number of hydrogen-bond donors (Lipinski definition) is 0. The van der Waals surface area contributed by atoms with Gasteiger partial charge in [0.15, 0.2) is 0 Å². The van der Waals surface area contributed by atoms with E-state index >= 15 is 0 Å². The number of thiophene rings is 8. The molecule has 3 aliphatic heterocycles. The predicted molar refractivity (Wildman–Crippen MR) is 606 cm³/mol. The highest BCUT2D eigenvalue weighted by atomic mass is 32.1. The fraction of sp³-hybridized carbons (Fsp3) is 0.176. The molecule has 0 spiro atoms. The third-order valence-electron chi connectivity index (χ3n) is 26.2. The van der Waals surface area contributed by atoms with E-state index in [1.807, 2.05) is 166 Å². The summed E-state index contributed by atoms with van der Waals surface area (Å²) in [7, 11) is -0.950. The Bertz CT molecular complexity index is 6970. The lowest BCUT2D eigenvalue weighted by Gasteiger charge is -2.32. The Kier molecular flexibility index (Phi) is 30.9. The largest absolute Gasteiger partial charge is 0.505 e. The lowest BCUT2D eigenvalue weighted by molar-refractivity contribution is 0.00578. The van der Waals surface area contributed by atoms with Gasteiger partial charge in [0.05, 0.1) is 33.6 Å². The molecular weight excluding hydrogens is 1900 g/mol. The minimum Gasteiger partial charge on any atom is -0.399 e. The van der Waals surface area contributed by atoms with Crippen molar-refractivity contribution in [3.63, 3.8) is 0 Å². The molecule has 0 saturated carbocycles. The summed E-state index contributed by atoms with van der Waals surface area (Å²) in [6, 6.07) is 111. The Morgan fingerprint density at radius 2 is 0.380 bits per heavy atom. The van der Waals surface area contributed by atoms with Crippen LogP contribution >= 0.6 is 90.7 Å². The number of aryl methyl sites for hydroxylation is 3. The molecule has 708 valence electrons. The average molecular weight is 2010 g/mol. The van der Waals surface area contributed by atoms with Crippen LogP contribution in [0.5, 0.6) is 0 Å². The van der Waals surface area contributed by atoms with Gasteiger partial charge in [-0.2, -0.15) is 0 Å². The first-order valence-corrected chi connectivity index (χ1v) is 53.8. The van der Waals surface area contributed by atoms with E-state index in [-0.39, 0.29) is 55.0 Å².